The van der Waals surface area contributed by atoms with Gasteiger partial charge in [-0.25, -0.2) is 4.39 Å². The van der Waals surface area contributed by atoms with E-state index in [4.69, 9.17) is 4.52 Å². The van der Waals surface area contributed by atoms with Gasteiger partial charge in [-0.05, 0) is 25.0 Å². The molecule has 1 aromatic carbocycles. The number of aromatic nitrogens is 5. The second kappa shape index (κ2) is 6.42. The van der Waals surface area contributed by atoms with Crippen molar-refractivity contribution in [2.24, 2.45) is 0 Å². The molecule has 4 rings (SSSR count). The molecule has 3 heterocycles. The highest BCUT2D eigenvalue weighted by Gasteiger charge is 2.30. The van der Waals surface area contributed by atoms with Crippen molar-refractivity contribution in [3.8, 4) is 11.4 Å². The van der Waals surface area contributed by atoms with Gasteiger partial charge in [-0.3, -0.25) is 4.79 Å². The first-order valence-corrected chi connectivity index (χ1v) is 7.95. The second-order valence-electron chi connectivity index (χ2n) is 5.91. The van der Waals surface area contributed by atoms with Crippen molar-refractivity contribution in [2.45, 2.75) is 18.8 Å². The molecule has 0 spiro atoms. The van der Waals surface area contributed by atoms with Crippen LogP contribution in [0.3, 0.4) is 0 Å². The fourth-order valence-electron chi connectivity index (χ4n) is 2.98. The van der Waals surface area contributed by atoms with E-state index in [1.807, 2.05) is 0 Å². The number of benzene rings is 1. The van der Waals surface area contributed by atoms with Gasteiger partial charge >= 0.3 is 0 Å². The lowest BCUT2D eigenvalue weighted by Crippen LogP contribution is -2.39. The van der Waals surface area contributed by atoms with Crippen LogP contribution < -0.4 is 0 Å². The monoisotopic (exact) mass is 342 g/mol. The smallest absolute Gasteiger partial charge is 0.276 e. The van der Waals surface area contributed by atoms with Gasteiger partial charge in [0, 0.05) is 18.7 Å². The minimum absolute atomic E-state index is 0.0561. The first-order valence-electron chi connectivity index (χ1n) is 7.95. The summed E-state index contributed by atoms with van der Waals surface area (Å²) >= 11 is 0. The molecule has 0 aliphatic carbocycles. The zero-order valence-corrected chi connectivity index (χ0v) is 13.2. The summed E-state index contributed by atoms with van der Waals surface area (Å²) in [4.78, 5) is 18.5. The molecule has 1 aliphatic rings. The van der Waals surface area contributed by atoms with Crippen LogP contribution in [0.2, 0.25) is 0 Å². The fraction of sp³-hybridized carbons (Fsp3) is 0.312. The van der Waals surface area contributed by atoms with Crippen LogP contribution >= 0.6 is 0 Å². The number of piperidine rings is 1. The summed E-state index contributed by atoms with van der Waals surface area (Å²) in [6.07, 6.45) is 3.07. The predicted molar refractivity (Wildman–Crippen MR) is 84.0 cm³/mol. The van der Waals surface area contributed by atoms with Crippen molar-refractivity contribution in [2.75, 3.05) is 13.1 Å². The van der Waals surface area contributed by atoms with E-state index in [0.717, 1.165) is 12.8 Å². The normalized spacial score (nSPS) is 17.6. The SMILES string of the molecule is O=C(c1cn[nH]n1)N1CCCC(c2nc(-c3cccc(F)c3)no2)C1. The number of likely N-dealkylation sites (tertiary alicyclic amines) is 1. The Kier molecular flexibility index (Phi) is 3.96. The Bertz CT molecular complexity index is 878. The van der Waals surface area contributed by atoms with Gasteiger partial charge < -0.3 is 9.42 Å². The summed E-state index contributed by atoms with van der Waals surface area (Å²) in [5.74, 6) is 0.208. The lowest BCUT2D eigenvalue weighted by Gasteiger charge is -2.30. The van der Waals surface area contributed by atoms with Crippen molar-refractivity contribution in [1.82, 2.24) is 30.5 Å². The number of nitrogens with zero attached hydrogens (tertiary/aromatic N) is 5. The van der Waals surface area contributed by atoms with Crippen molar-refractivity contribution >= 4 is 5.91 Å². The largest absolute Gasteiger partial charge is 0.339 e. The van der Waals surface area contributed by atoms with Gasteiger partial charge in [0.05, 0.1) is 12.1 Å². The van der Waals surface area contributed by atoms with Crippen LogP contribution in [0.5, 0.6) is 0 Å². The Labute approximate surface area is 142 Å². The summed E-state index contributed by atoms with van der Waals surface area (Å²) in [7, 11) is 0. The van der Waals surface area contributed by atoms with Gasteiger partial charge in [-0.2, -0.15) is 20.4 Å². The number of carbonyl (C=O) groups is 1. The summed E-state index contributed by atoms with van der Waals surface area (Å²) in [5.41, 5.74) is 0.841. The molecule has 1 atom stereocenters. The van der Waals surface area contributed by atoms with E-state index in [9.17, 15) is 9.18 Å². The van der Waals surface area contributed by atoms with E-state index in [2.05, 4.69) is 25.6 Å². The van der Waals surface area contributed by atoms with Crippen LogP contribution in [-0.4, -0.2) is 49.4 Å². The van der Waals surface area contributed by atoms with Crippen molar-refractivity contribution in [3.05, 3.63) is 47.9 Å². The molecule has 0 saturated carbocycles. The molecule has 0 bridgehead atoms. The maximum atomic E-state index is 13.3. The Morgan fingerprint density at radius 3 is 3.12 bits per heavy atom. The van der Waals surface area contributed by atoms with E-state index >= 15 is 0 Å². The van der Waals surface area contributed by atoms with Crippen molar-refractivity contribution < 1.29 is 13.7 Å². The molecule has 1 aliphatic heterocycles. The third-order valence-electron chi connectivity index (χ3n) is 4.22. The van der Waals surface area contributed by atoms with Crippen LogP contribution in [-0.2, 0) is 0 Å². The number of hydrogen-bond donors (Lipinski definition) is 1. The Hall–Kier alpha value is -3.10. The van der Waals surface area contributed by atoms with E-state index < -0.39 is 0 Å². The average Bonchev–Trinajstić information content (AvgIpc) is 3.33. The molecule has 8 nitrogen and oxygen atoms in total. The number of rotatable bonds is 3. The number of hydrogen-bond acceptors (Lipinski definition) is 6. The summed E-state index contributed by atoms with van der Waals surface area (Å²) in [6, 6.07) is 6.04. The highest BCUT2D eigenvalue weighted by atomic mass is 19.1. The molecular formula is C16H15FN6O2. The number of halogens is 1. The van der Waals surface area contributed by atoms with Crippen LogP contribution in [0.4, 0.5) is 4.39 Å². The van der Waals surface area contributed by atoms with E-state index in [-0.39, 0.29) is 23.3 Å². The molecular weight excluding hydrogens is 327 g/mol. The van der Waals surface area contributed by atoms with E-state index in [0.29, 0.717) is 30.4 Å². The van der Waals surface area contributed by atoms with Gasteiger partial charge in [0.25, 0.3) is 5.91 Å². The van der Waals surface area contributed by atoms with Crippen molar-refractivity contribution in [1.29, 1.82) is 0 Å². The highest BCUT2D eigenvalue weighted by molar-refractivity contribution is 5.92. The molecule has 1 fully saturated rings. The number of carbonyl (C=O) groups excluding carboxylic acids is 1. The summed E-state index contributed by atoms with van der Waals surface area (Å²) in [6.45, 7) is 1.11. The molecule has 128 valence electrons. The standard InChI is InChI=1S/C16H15FN6O2/c17-12-5-1-3-10(7-12)14-19-15(25-21-14)11-4-2-6-23(9-11)16(24)13-8-18-22-20-13/h1,3,5,7-8,11H,2,4,6,9H2,(H,18,20,22). The fourth-order valence-corrected chi connectivity index (χ4v) is 2.98. The number of amides is 1. The lowest BCUT2D eigenvalue weighted by atomic mass is 9.97. The maximum Gasteiger partial charge on any atom is 0.276 e. The van der Waals surface area contributed by atoms with E-state index in [1.54, 1.807) is 17.0 Å². The molecule has 3 aromatic rings. The number of nitrogens with one attached hydrogen (secondary N) is 1. The molecule has 1 amide bonds. The Morgan fingerprint density at radius 1 is 1.40 bits per heavy atom. The molecule has 1 N–H and O–H groups in total. The molecule has 9 heteroatoms. The first-order chi connectivity index (χ1) is 12.2. The van der Waals surface area contributed by atoms with Crippen LogP contribution in [0, 0.1) is 5.82 Å². The number of aromatic amines is 1. The molecule has 1 unspecified atom stereocenters. The Balaban J connectivity index is 1.51. The van der Waals surface area contributed by atoms with Gasteiger partial charge in [0.1, 0.15) is 5.82 Å². The van der Waals surface area contributed by atoms with Crippen LogP contribution in [0.1, 0.15) is 35.1 Å². The molecule has 25 heavy (non-hydrogen) atoms. The van der Waals surface area contributed by atoms with Gasteiger partial charge in [-0.1, -0.05) is 17.3 Å². The minimum Gasteiger partial charge on any atom is -0.339 e. The van der Waals surface area contributed by atoms with Crippen LogP contribution in [0.15, 0.2) is 35.0 Å². The third kappa shape index (κ3) is 3.12. The van der Waals surface area contributed by atoms with Gasteiger partial charge in [0.2, 0.25) is 11.7 Å². The quantitative estimate of drug-likeness (QED) is 0.781. The average molecular weight is 342 g/mol. The first kappa shape index (κ1) is 15.4. The lowest BCUT2D eigenvalue weighted by molar-refractivity contribution is 0.0689. The summed E-state index contributed by atoms with van der Waals surface area (Å²) in [5, 5.41) is 13.9. The highest BCUT2D eigenvalue weighted by Crippen LogP contribution is 2.28. The third-order valence-corrected chi connectivity index (χ3v) is 4.22. The Morgan fingerprint density at radius 2 is 2.32 bits per heavy atom. The molecule has 0 radical (unpaired) electrons. The minimum atomic E-state index is -0.356. The van der Waals surface area contributed by atoms with Crippen molar-refractivity contribution in [3.63, 3.8) is 0 Å². The molecule has 1 saturated heterocycles. The van der Waals surface area contributed by atoms with E-state index in [1.165, 1.54) is 18.3 Å². The number of H-pyrrole nitrogens is 1. The van der Waals surface area contributed by atoms with Crippen LogP contribution in [0.25, 0.3) is 11.4 Å². The zero-order valence-electron chi connectivity index (χ0n) is 13.2. The second-order valence-corrected chi connectivity index (χ2v) is 5.91. The predicted octanol–water partition coefficient (Wildman–Crippen LogP) is 2.01. The van der Waals surface area contributed by atoms with Gasteiger partial charge in [-0.15, -0.1) is 0 Å². The topological polar surface area (TPSA) is 101 Å². The zero-order chi connectivity index (χ0) is 17.2. The van der Waals surface area contributed by atoms with Gasteiger partial charge in [0.15, 0.2) is 5.69 Å². The summed E-state index contributed by atoms with van der Waals surface area (Å²) < 4.78 is 18.7. The molecule has 2 aromatic heterocycles. The maximum absolute atomic E-state index is 13.3.